The summed E-state index contributed by atoms with van der Waals surface area (Å²) in [4.78, 5) is 13.4. The highest BCUT2D eigenvalue weighted by molar-refractivity contribution is 8.17. The molecule has 2 unspecified atom stereocenters. The summed E-state index contributed by atoms with van der Waals surface area (Å²) in [6, 6.07) is 28.1. The fraction of sp³-hybridized carbons (Fsp3) is 0.120. The number of hydrogen-bond donors (Lipinski definition) is 1. The molecule has 5 nitrogen and oxygen atoms in total. The third kappa shape index (κ3) is 2.94. The van der Waals surface area contributed by atoms with Crippen LogP contribution in [0, 0.1) is 0 Å². The van der Waals surface area contributed by atoms with Crippen LogP contribution in [0.2, 0.25) is 0 Å². The van der Waals surface area contributed by atoms with Gasteiger partial charge in [0.05, 0.1) is 16.7 Å². The smallest absolute Gasteiger partial charge is 0.314 e. The van der Waals surface area contributed by atoms with Crippen LogP contribution in [-0.2, 0) is 0 Å². The van der Waals surface area contributed by atoms with Crippen molar-refractivity contribution in [3.63, 3.8) is 0 Å². The zero-order chi connectivity index (χ0) is 20.8. The first-order chi connectivity index (χ1) is 15.2. The molecule has 1 fully saturated rings. The molecule has 0 radical (unpaired) electrons. The number of amides is 1. The predicted octanol–water partition coefficient (Wildman–Crippen LogP) is 5.38. The summed E-state index contributed by atoms with van der Waals surface area (Å²) in [6.07, 6.45) is 2.74. The molecule has 152 valence electrons. The lowest BCUT2D eigenvalue weighted by Gasteiger charge is -2.45. The van der Waals surface area contributed by atoms with Crippen LogP contribution in [-0.4, -0.2) is 21.8 Å². The predicted molar refractivity (Wildman–Crippen MR) is 123 cm³/mol. The number of benzene rings is 3. The minimum atomic E-state index is -1.16. The van der Waals surface area contributed by atoms with E-state index in [0.717, 1.165) is 51.2 Å². The molecule has 6 heteroatoms. The largest absolute Gasteiger partial charge is 0.444 e. The van der Waals surface area contributed by atoms with Gasteiger partial charge in [-0.25, -0.2) is 5.01 Å². The molecule has 0 bridgehead atoms. The number of carbonyl (C=O) groups excluding carboxylic acids is 1. The lowest BCUT2D eigenvalue weighted by atomic mass is 9.95. The number of hydrogen-bond acceptors (Lipinski definition) is 5. The lowest BCUT2D eigenvalue weighted by Crippen LogP contribution is -2.61. The molecule has 31 heavy (non-hydrogen) atoms. The van der Waals surface area contributed by atoms with E-state index < -0.39 is 5.85 Å². The van der Waals surface area contributed by atoms with Crippen LogP contribution in [0.4, 0.5) is 4.79 Å². The Morgan fingerprint density at radius 2 is 1.71 bits per heavy atom. The molecule has 2 atom stereocenters. The summed E-state index contributed by atoms with van der Waals surface area (Å²) in [5.41, 5.74) is 4.14. The van der Waals surface area contributed by atoms with E-state index in [4.69, 9.17) is 9.84 Å². The molecule has 0 aromatic heterocycles. The van der Waals surface area contributed by atoms with Crippen molar-refractivity contribution in [2.24, 2.45) is 5.10 Å². The van der Waals surface area contributed by atoms with Gasteiger partial charge < -0.3 is 4.74 Å². The minimum absolute atomic E-state index is 0.0293. The Hall–Kier alpha value is -3.51. The maximum atomic E-state index is 12.6. The van der Waals surface area contributed by atoms with Gasteiger partial charge in [0.1, 0.15) is 5.75 Å². The van der Waals surface area contributed by atoms with Gasteiger partial charge >= 0.3 is 5.85 Å². The molecule has 1 N–H and O–H groups in total. The lowest BCUT2D eigenvalue weighted by molar-refractivity contribution is -0.0949. The molecule has 0 aliphatic carbocycles. The van der Waals surface area contributed by atoms with Crippen LogP contribution in [0.25, 0.3) is 6.08 Å². The Morgan fingerprint density at radius 1 is 1.00 bits per heavy atom. The molecule has 3 aliphatic heterocycles. The molecule has 6 rings (SSSR count). The molecular weight excluding hydrogens is 406 g/mol. The SMILES string of the molecule is O=C1NC2(Oc3ccccc3C3CC(c4ccccc4)=NN32)C(=Cc2ccccc2)S1. The summed E-state index contributed by atoms with van der Waals surface area (Å²) in [7, 11) is 0. The number of para-hydroxylation sites is 1. The molecule has 3 heterocycles. The highest BCUT2D eigenvalue weighted by atomic mass is 32.2. The van der Waals surface area contributed by atoms with Gasteiger partial charge in [-0.2, -0.15) is 5.10 Å². The zero-order valence-corrected chi connectivity index (χ0v) is 17.4. The van der Waals surface area contributed by atoms with Crippen molar-refractivity contribution in [1.29, 1.82) is 0 Å². The van der Waals surface area contributed by atoms with Gasteiger partial charge in [0, 0.05) is 12.0 Å². The van der Waals surface area contributed by atoms with E-state index in [1.807, 2.05) is 77.8 Å². The number of nitrogens with one attached hydrogen (secondary N) is 1. The Balaban J connectivity index is 1.52. The van der Waals surface area contributed by atoms with E-state index in [9.17, 15) is 4.79 Å². The van der Waals surface area contributed by atoms with E-state index >= 15 is 0 Å². The van der Waals surface area contributed by atoms with Crippen LogP contribution in [0.3, 0.4) is 0 Å². The maximum absolute atomic E-state index is 12.6. The Labute approximate surface area is 184 Å². The second-order valence-electron chi connectivity index (χ2n) is 7.69. The van der Waals surface area contributed by atoms with E-state index in [0.29, 0.717) is 0 Å². The summed E-state index contributed by atoms with van der Waals surface area (Å²) in [5.74, 6) is -0.386. The quantitative estimate of drug-likeness (QED) is 0.599. The number of nitrogens with zero attached hydrogens (tertiary/aromatic N) is 2. The van der Waals surface area contributed by atoms with Crippen LogP contribution in [0.5, 0.6) is 5.75 Å². The highest BCUT2D eigenvalue weighted by Gasteiger charge is 2.58. The third-order valence-corrected chi connectivity index (χ3v) is 6.68. The van der Waals surface area contributed by atoms with Crippen molar-refractivity contribution in [2.45, 2.75) is 18.3 Å². The van der Waals surface area contributed by atoms with E-state index in [1.165, 1.54) is 0 Å². The fourth-order valence-electron chi connectivity index (χ4n) is 4.37. The van der Waals surface area contributed by atoms with Crippen molar-refractivity contribution in [2.75, 3.05) is 0 Å². The summed E-state index contributed by atoms with van der Waals surface area (Å²) >= 11 is 1.16. The molecule has 3 aromatic rings. The Bertz CT molecular complexity index is 1230. The topological polar surface area (TPSA) is 53.9 Å². The number of carbonyl (C=O) groups is 1. The average molecular weight is 426 g/mol. The normalized spacial score (nSPS) is 25.1. The van der Waals surface area contributed by atoms with Crippen molar-refractivity contribution >= 4 is 28.8 Å². The van der Waals surface area contributed by atoms with Gasteiger partial charge in [0.15, 0.2) is 0 Å². The van der Waals surface area contributed by atoms with Gasteiger partial charge in [-0.3, -0.25) is 10.1 Å². The van der Waals surface area contributed by atoms with Crippen molar-refractivity contribution in [3.8, 4) is 5.75 Å². The van der Waals surface area contributed by atoms with Gasteiger partial charge in [-0.15, -0.1) is 0 Å². The van der Waals surface area contributed by atoms with Crippen LogP contribution in [0.15, 0.2) is 94.9 Å². The standard InChI is InChI=1S/C25H19N3O2S/c29-24-26-25(23(31-24)15-17-9-3-1-4-10-17)28-21(19-13-7-8-14-22(19)30-25)16-20(27-28)18-11-5-2-6-12-18/h1-15,21H,16H2,(H,26,29). The first-order valence-corrected chi connectivity index (χ1v) is 11.0. The minimum Gasteiger partial charge on any atom is -0.444 e. The fourth-order valence-corrected chi connectivity index (χ4v) is 5.28. The Morgan fingerprint density at radius 3 is 2.52 bits per heavy atom. The van der Waals surface area contributed by atoms with Crippen LogP contribution < -0.4 is 10.1 Å². The van der Waals surface area contributed by atoms with Crippen molar-refractivity contribution in [3.05, 3.63) is 107 Å². The number of fused-ring (bicyclic) bond motifs is 4. The second-order valence-corrected chi connectivity index (χ2v) is 8.71. The number of hydrazone groups is 1. The summed E-state index contributed by atoms with van der Waals surface area (Å²) < 4.78 is 6.53. The van der Waals surface area contributed by atoms with E-state index in [2.05, 4.69) is 23.5 Å². The van der Waals surface area contributed by atoms with Crippen LogP contribution in [0.1, 0.15) is 29.2 Å². The van der Waals surface area contributed by atoms with Gasteiger partial charge in [0.2, 0.25) is 0 Å². The maximum Gasteiger partial charge on any atom is 0.314 e. The zero-order valence-electron chi connectivity index (χ0n) is 16.6. The van der Waals surface area contributed by atoms with E-state index in [1.54, 1.807) is 0 Å². The van der Waals surface area contributed by atoms with Crippen LogP contribution >= 0.6 is 11.8 Å². The molecule has 3 aromatic carbocycles. The first kappa shape index (κ1) is 18.3. The molecule has 1 spiro atoms. The van der Waals surface area contributed by atoms with Gasteiger partial charge in [-0.05, 0) is 35.0 Å². The first-order valence-electron chi connectivity index (χ1n) is 10.2. The average Bonchev–Trinajstić information content (AvgIpc) is 3.38. The molecule has 1 saturated heterocycles. The monoisotopic (exact) mass is 425 g/mol. The van der Waals surface area contributed by atoms with E-state index in [-0.39, 0.29) is 11.3 Å². The van der Waals surface area contributed by atoms with Crippen molar-refractivity contribution < 1.29 is 9.53 Å². The second kappa shape index (κ2) is 7.03. The highest BCUT2D eigenvalue weighted by Crippen LogP contribution is 2.52. The number of thioether (sulfide) groups is 1. The summed E-state index contributed by atoms with van der Waals surface area (Å²) in [5, 5.41) is 9.86. The molecule has 0 saturated carbocycles. The molecule has 3 aliphatic rings. The summed E-state index contributed by atoms with van der Waals surface area (Å²) in [6.45, 7) is 0. The van der Waals surface area contributed by atoms with Crippen molar-refractivity contribution in [1.82, 2.24) is 10.3 Å². The molecule has 1 amide bonds. The van der Waals surface area contributed by atoms with Gasteiger partial charge in [-0.1, -0.05) is 78.9 Å². The molecular formula is C25H19N3O2S. The van der Waals surface area contributed by atoms with Gasteiger partial charge in [0.25, 0.3) is 5.24 Å². The third-order valence-electron chi connectivity index (χ3n) is 5.78. The Kier molecular flexibility index (Phi) is 4.14. The number of rotatable bonds is 2. The number of ether oxygens (including phenoxy) is 1.